The molecular formula is C21H32N4OS. The Hall–Kier alpha value is -1.82. The average Bonchev–Trinajstić information content (AvgIpc) is 3.26. The molecule has 0 bridgehead atoms. The number of benzene rings is 1. The van der Waals surface area contributed by atoms with Crippen molar-refractivity contribution in [3.63, 3.8) is 0 Å². The molecule has 2 aliphatic rings. The predicted molar refractivity (Wildman–Crippen MR) is 116 cm³/mol. The summed E-state index contributed by atoms with van der Waals surface area (Å²) in [4.78, 5) is 6.71. The minimum atomic E-state index is -0.697. The van der Waals surface area contributed by atoms with Gasteiger partial charge in [0.1, 0.15) is 0 Å². The third-order valence-corrected chi connectivity index (χ3v) is 7.17. The first-order valence-corrected chi connectivity index (χ1v) is 11.4. The van der Waals surface area contributed by atoms with Gasteiger partial charge in [-0.3, -0.25) is 9.20 Å². The number of aliphatic imine (C=N–C) groups is 1. The number of hydrogen-bond acceptors (Lipinski definition) is 3. The fraction of sp³-hybridized carbons (Fsp3) is 0.571. The molecule has 3 rings (SSSR count). The molecule has 148 valence electrons. The van der Waals surface area contributed by atoms with Gasteiger partial charge in [0, 0.05) is 60.2 Å². The molecule has 0 amide bonds. The Balaban J connectivity index is 1.48. The Labute approximate surface area is 165 Å². The molecule has 1 heterocycles. The highest BCUT2D eigenvalue weighted by Crippen LogP contribution is 2.23. The molecular weight excluding hydrogens is 356 g/mol. The highest BCUT2D eigenvalue weighted by molar-refractivity contribution is 7.85. The van der Waals surface area contributed by atoms with Gasteiger partial charge in [-0.2, -0.15) is 0 Å². The molecule has 27 heavy (non-hydrogen) atoms. The van der Waals surface area contributed by atoms with E-state index >= 15 is 0 Å². The monoisotopic (exact) mass is 388 g/mol. The molecule has 5 nitrogen and oxygen atoms in total. The number of nitrogens with one attached hydrogen (secondary N) is 2. The molecule has 1 aromatic rings. The van der Waals surface area contributed by atoms with Crippen molar-refractivity contribution in [3.8, 4) is 0 Å². The van der Waals surface area contributed by atoms with E-state index in [0.717, 1.165) is 57.0 Å². The molecule has 0 saturated heterocycles. The van der Waals surface area contributed by atoms with E-state index in [1.165, 1.54) is 11.3 Å². The van der Waals surface area contributed by atoms with Crippen LogP contribution < -0.4 is 15.5 Å². The van der Waals surface area contributed by atoms with E-state index < -0.39 is 10.8 Å². The maximum atomic E-state index is 12.1. The molecule has 1 aliphatic carbocycles. The number of anilines is 1. The van der Waals surface area contributed by atoms with Gasteiger partial charge in [0.25, 0.3) is 0 Å². The Bertz CT molecular complexity index is 678. The minimum Gasteiger partial charge on any atom is -0.364 e. The summed E-state index contributed by atoms with van der Waals surface area (Å²) in [5, 5.41) is 7.27. The van der Waals surface area contributed by atoms with Crippen LogP contribution in [-0.2, 0) is 17.3 Å². The zero-order valence-electron chi connectivity index (χ0n) is 16.5. The van der Waals surface area contributed by atoms with Gasteiger partial charge in [-0.15, -0.1) is 0 Å². The third-order valence-electron chi connectivity index (χ3n) is 5.43. The normalized spacial score (nSPS) is 24.1. The topological polar surface area (TPSA) is 56.7 Å². The molecule has 0 aromatic heterocycles. The average molecular weight is 389 g/mol. The predicted octanol–water partition coefficient (Wildman–Crippen LogP) is 2.81. The first-order chi connectivity index (χ1) is 13.2. The van der Waals surface area contributed by atoms with Crippen LogP contribution in [0.15, 0.2) is 41.4 Å². The van der Waals surface area contributed by atoms with Gasteiger partial charge in [0.2, 0.25) is 0 Å². The first-order valence-electron chi connectivity index (χ1n) is 10.0. The van der Waals surface area contributed by atoms with Crippen LogP contribution >= 0.6 is 0 Å². The maximum absolute atomic E-state index is 12.1. The van der Waals surface area contributed by atoms with E-state index in [4.69, 9.17) is 0 Å². The van der Waals surface area contributed by atoms with Gasteiger partial charge in [-0.1, -0.05) is 37.6 Å². The van der Waals surface area contributed by atoms with Gasteiger partial charge >= 0.3 is 0 Å². The lowest BCUT2D eigenvalue weighted by Crippen LogP contribution is -2.46. The van der Waals surface area contributed by atoms with Crippen LogP contribution in [0.1, 0.15) is 38.2 Å². The summed E-state index contributed by atoms with van der Waals surface area (Å²) in [5.74, 6) is 1.59. The number of hydrogen-bond donors (Lipinski definition) is 2. The van der Waals surface area contributed by atoms with Crippen LogP contribution in [0.4, 0.5) is 5.69 Å². The summed E-state index contributed by atoms with van der Waals surface area (Å²) in [7, 11) is 1.11. The van der Waals surface area contributed by atoms with Crippen LogP contribution in [-0.4, -0.2) is 47.4 Å². The molecule has 1 fully saturated rings. The van der Waals surface area contributed by atoms with Gasteiger partial charge in [-0.25, -0.2) is 0 Å². The summed E-state index contributed by atoms with van der Waals surface area (Å²) < 4.78 is 12.1. The van der Waals surface area contributed by atoms with Crippen LogP contribution in [0.2, 0.25) is 0 Å². The quantitative estimate of drug-likeness (QED) is 0.447. The first kappa shape index (κ1) is 19.9. The van der Waals surface area contributed by atoms with E-state index in [9.17, 15) is 4.21 Å². The van der Waals surface area contributed by atoms with Crippen molar-refractivity contribution in [1.82, 2.24) is 10.6 Å². The lowest BCUT2D eigenvalue weighted by molar-refractivity contribution is 0.413. The zero-order chi connectivity index (χ0) is 19.1. The Morgan fingerprint density at radius 3 is 2.63 bits per heavy atom. The summed E-state index contributed by atoms with van der Waals surface area (Å²) in [6.45, 7) is 4.76. The lowest BCUT2D eigenvalue weighted by Gasteiger charge is -2.30. The number of nitrogens with zero attached hydrogens (tertiary/aromatic N) is 2. The van der Waals surface area contributed by atoms with Gasteiger partial charge in [0.05, 0.1) is 0 Å². The van der Waals surface area contributed by atoms with Crippen LogP contribution in [0.5, 0.6) is 0 Å². The van der Waals surface area contributed by atoms with Crippen molar-refractivity contribution in [2.75, 3.05) is 30.8 Å². The molecule has 3 atom stereocenters. The highest BCUT2D eigenvalue weighted by atomic mass is 32.2. The van der Waals surface area contributed by atoms with E-state index in [1.54, 1.807) is 0 Å². The highest BCUT2D eigenvalue weighted by Gasteiger charge is 2.26. The Kier molecular flexibility index (Phi) is 7.33. The molecule has 0 spiro atoms. The maximum Gasteiger partial charge on any atom is 0.191 e. The molecule has 0 radical (unpaired) electrons. The van der Waals surface area contributed by atoms with Crippen molar-refractivity contribution >= 4 is 22.4 Å². The van der Waals surface area contributed by atoms with Crippen LogP contribution in [0, 0.1) is 0 Å². The molecule has 2 N–H and O–H groups in total. The standard InChI is InChI=1S/C21H32N4OS/c1-3-27(26)20-8-6-7-18(15-20)24-21(22-2)23-16-17-9-11-19(12-10-17)25-13-4-5-14-25/h4-5,9-12,18,20H,3,6-8,13-16H2,1-2H3,(H2,22,23,24). The van der Waals surface area contributed by atoms with Gasteiger partial charge in [-0.05, 0) is 37.0 Å². The summed E-state index contributed by atoms with van der Waals surface area (Å²) >= 11 is 0. The summed E-state index contributed by atoms with van der Waals surface area (Å²) in [6, 6.07) is 9.08. The van der Waals surface area contributed by atoms with Crippen molar-refractivity contribution in [1.29, 1.82) is 0 Å². The zero-order valence-corrected chi connectivity index (χ0v) is 17.3. The van der Waals surface area contributed by atoms with E-state index in [-0.39, 0.29) is 0 Å². The smallest absolute Gasteiger partial charge is 0.191 e. The molecule has 1 saturated carbocycles. The second-order valence-corrected chi connectivity index (χ2v) is 9.27. The fourth-order valence-electron chi connectivity index (χ4n) is 3.84. The van der Waals surface area contributed by atoms with Crippen LogP contribution in [0.3, 0.4) is 0 Å². The summed E-state index contributed by atoms with van der Waals surface area (Å²) in [6.07, 6.45) is 8.73. The Morgan fingerprint density at radius 2 is 1.96 bits per heavy atom. The second-order valence-electron chi connectivity index (χ2n) is 7.27. The molecule has 1 aliphatic heterocycles. The minimum absolute atomic E-state index is 0.326. The van der Waals surface area contributed by atoms with E-state index in [0.29, 0.717) is 11.3 Å². The van der Waals surface area contributed by atoms with Gasteiger partial charge < -0.3 is 15.5 Å². The fourth-order valence-corrected chi connectivity index (χ4v) is 5.19. The van der Waals surface area contributed by atoms with Crippen molar-refractivity contribution < 1.29 is 4.21 Å². The van der Waals surface area contributed by atoms with E-state index in [1.807, 2.05) is 14.0 Å². The second kappa shape index (κ2) is 9.93. The largest absolute Gasteiger partial charge is 0.364 e. The lowest BCUT2D eigenvalue weighted by atomic mass is 9.95. The SMILES string of the molecule is CCS(=O)C1CCCC(NC(=NC)NCc2ccc(N3CC=CC3)cc2)C1. The van der Waals surface area contributed by atoms with Crippen molar-refractivity contribution in [3.05, 3.63) is 42.0 Å². The number of rotatable bonds is 6. The van der Waals surface area contributed by atoms with Crippen molar-refractivity contribution in [2.24, 2.45) is 4.99 Å². The third kappa shape index (κ3) is 5.58. The van der Waals surface area contributed by atoms with Crippen LogP contribution in [0.25, 0.3) is 0 Å². The van der Waals surface area contributed by atoms with Crippen molar-refractivity contribution in [2.45, 2.75) is 50.4 Å². The van der Waals surface area contributed by atoms with Gasteiger partial charge in [0.15, 0.2) is 5.96 Å². The molecule has 6 heteroatoms. The van der Waals surface area contributed by atoms with E-state index in [2.05, 4.69) is 56.9 Å². The Morgan fingerprint density at radius 1 is 1.22 bits per heavy atom. The number of guanidine groups is 1. The molecule has 1 aromatic carbocycles. The molecule has 3 unspecified atom stereocenters. The summed E-state index contributed by atoms with van der Waals surface area (Å²) in [5.41, 5.74) is 2.51.